The van der Waals surface area contributed by atoms with Crippen molar-refractivity contribution in [1.29, 1.82) is 0 Å². The predicted molar refractivity (Wildman–Crippen MR) is 107 cm³/mol. The van der Waals surface area contributed by atoms with Gasteiger partial charge in [0.1, 0.15) is 18.0 Å². The van der Waals surface area contributed by atoms with Gasteiger partial charge in [0.05, 0.1) is 24.8 Å². The van der Waals surface area contributed by atoms with Gasteiger partial charge in [-0.25, -0.2) is 0 Å². The van der Waals surface area contributed by atoms with E-state index in [0.29, 0.717) is 28.0 Å². The zero-order chi connectivity index (χ0) is 25.7. The summed E-state index contributed by atoms with van der Waals surface area (Å²) in [5, 5.41) is 16.1. The summed E-state index contributed by atoms with van der Waals surface area (Å²) >= 11 is 0. The Hall–Kier alpha value is -3.61. The van der Waals surface area contributed by atoms with E-state index in [2.05, 4.69) is 10.2 Å². The third kappa shape index (κ3) is 4.43. The molecule has 3 aromatic rings. The maximum atomic E-state index is 13.8. The van der Waals surface area contributed by atoms with Crippen LogP contribution in [0.25, 0.3) is 5.69 Å². The molecule has 1 N–H and O–H groups in total. The Labute approximate surface area is 193 Å². The van der Waals surface area contributed by atoms with Crippen molar-refractivity contribution in [2.45, 2.75) is 37.9 Å². The van der Waals surface area contributed by atoms with E-state index in [1.807, 2.05) is 0 Å². The number of rotatable bonds is 4. The SMILES string of the molecule is COc1cccc([C@@H]2O[C@@H](CC(=O)O)c3nnc(C(F)(F)F)n3-c3ccc(C(F)(F)F)cc32)c1C. The van der Waals surface area contributed by atoms with E-state index in [9.17, 15) is 36.2 Å². The van der Waals surface area contributed by atoms with Crippen LogP contribution < -0.4 is 4.74 Å². The Morgan fingerprint density at radius 2 is 1.80 bits per heavy atom. The number of ether oxygens (including phenoxy) is 2. The molecule has 0 saturated heterocycles. The Bertz CT molecular complexity index is 1290. The highest BCUT2D eigenvalue weighted by Crippen LogP contribution is 2.46. The Morgan fingerprint density at radius 1 is 1.09 bits per heavy atom. The standard InChI is InChI=1S/C22H17F6N3O4/c1-10-12(4-3-5-15(10)34-2)18-13-8-11(21(23,24)25)6-7-14(13)31-19(16(35-18)9-17(32)33)29-30-20(31)22(26,27)28/h3-8,16,18H,9H2,1-2H3,(H,32,33)/t16-,18-/m0/s1. The normalized spacial score (nSPS) is 17.9. The molecule has 0 amide bonds. The molecule has 0 radical (unpaired) electrons. The Morgan fingerprint density at radius 3 is 2.40 bits per heavy atom. The summed E-state index contributed by atoms with van der Waals surface area (Å²) in [6.45, 7) is 1.60. The van der Waals surface area contributed by atoms with Gasteiger partial charge in [-0.3, -0.25) is 9.36 Å². The van der Waals surface area contributed by atoms with E-state index in [1.165, 1.54) is 19.2 Å². The molecule has 1 aliphatic heterocycles. The monoisotopic (exact) mass is 501 g/mol. The maximum absolute atomic E-state index is 13.8. The molecule has 35 heavy (non-hydrogen) atoms. The highest BCUT2D eigenvalue weighted by Gasteiger charge is 2.44. The maximum Gasteiger partial charge on any atom is 0.452 e. The Kier molecular flexibility index (Phi) is 5.99. The molecular weight excluding hydrogens is 484 g/mol. The fourth-order valence-corrected chi connectivity index (χ4v) is 4.04. The molecule has 7 nitrogen and oxygen atoms in total. The lowest BCUT2D eigenvalue weighted by Crippen LogP contribution is -2.17. The van der Waals surface area contributed by atoms with Gasteiger partial charge in [0.2, 0.25) is 5.82 Å². The van der Waals surface area contributed by atoms with Crippen LogP contribution in [0.4, 0.5) is 26.3 Å². The Balaban J connectivity index is 2.07. The smallest absolute Gasteiger partial charge is 0.452 e. The van der Waals surface area contributed by atoms with Crippen molar-refractivity contribution < 1.29 is 45.7 Å². The van der Waals surface area contributed by atoms with E-state index < -0.39 is 54.2 Å². The van der Waals surface area contributed by atoms with Crippen LogP contribution >= 0.6 is 0 Å². The summed E-state index contributed by atoms with van der Waals surface area (Å²) in [4.78, 5) is 11.5. The van der Waals surface area contributed by atoms with E-state index >= 15 is 0 Å². The number of hydrogen-bond acceptors (Lipinski definition) is 5. The first-order valence-corrected chi connectivity index (χ1v) is 10.1. The second-order valence-electron chi connectivity index (χ2n) is 7.76. The van der Waals surface area contributed by atoms with Crippen molar-refractivity contribution in [3.8, 4) is 11.4 Å². The van der Waals surface area contributed by atoms with Crippen molar-refractivity contribution >= 4 is 5.97 Å². The molecule has 0 spiro atoms. The van der Waals surface area contributed by atoms with Crippen LogP contribution in [0, 0.1) is 6.92 Å². The van der Waals surface area contributed by atoms with Gasteiger partial charge in [0, 0.05) is 5.56 Å². The minimum atomic E-state index is -5.04. The number of fused-ring (bicyclic) bond motifs is 3. The van der Waals surface area contributed by atoms with Gasteiger partial charge < -0.3 is 14.6 Å². The third-order valence-corrected chi connectivity index (χ3v) is 5.60. The molecule has 0 unspecified atom stereocenters. The van der Waals surface area contributed by atoms with Crippen molar-refractivity contribution in [3.05, 3.63) is 70.3 Å². The quantitative estimate of drug-likeness (QED) is 0.491. The first-order valence-electron chi connectivity index (χ1n) is 10.1. The topological polar surface area (TPSA) is 86.5 Å². The number of aliphatic carboxylic acids is 1. The molecular formula is C22H17F6N3O4. The van der Waals surface area contributed by atoms with Gasteiger partial charge in [0.25, 0.3) is 0 Å². The first kappa shape index (κ1) is 24.5. The number of methoxy groups -OCH3 is 1. The largest absolute Gasteiger partial charge is 0.496 e. The van der Waals surface area contributed by atoms with Crippen LogP contribution in [0.5, 0.6) is 5.75 Å². The van der Waals surface area contributed by atoms with Crippen molar-refractivity contribution in [2.24, 2.45) is 0 Å². The molecule has 1 aromatic heterocycles. The summed E-state index contributed by atoms with van der Waals surface area (Å²) in [6.07, 6.45) is -13.6. The fraction of sp³-hybridized carbons (Fsp3) is 0.318. The van der Waals surface area contributed by atoms with Crippen LogP contribution in [-0.2, 0) is 21.9 Å². The number of hydrogen-bond donors (Lipinski definition) is 1. The second-order valence-corrected chi connectivity index (χ2v) is 7.76. The molecule has 2 aromatic carbocycles. The van der Waals surface area contributed by atoms with Gasteiger partial charge >= 0.3 is 18.3 Å². The minimum absolute atomic E-state index is 0.268. The van der Waals surface area contributed by atoms with Crippen LogP contribution in [0.2, 0.25) is 0 Å². The number of carboxylic acids is 1. The van der Waals surface area contributed by atoms with Crippen LogP contribution in [0.15, 0.2) is 36.4 Å². The first-order chi connectivity index (χ1) is 16.3. The third-order valence-electron chi connectivity index (χ3n) is 5.60. The zero-order valence-electron chi connectivity index (χ0n) is 18.1. The lowest BCUT2D eigenvalue weighted by atomic mass is 9.94. The number of aromatic nitrogens is 3. The summed E-state index contributed by atoms with van der Waals surface area (Å²) < 4.78 is 93.9. The number of halogens is 6. The summed E-state index contributed by atoms with van der Waals surface area (Å²) in [5.41, 5.74) is -0.968. The van der Waals surface area contributed by atoms with E-state index in [-0.39, 0.29) is 16.8 Å². The van der Waals surface area contributed by atoms with Crippen LogP contribution in [0.3, 0.4) is 0 Å². The molecule has 0 saturated carbocycles. The molecule has 13 heteroatoms. The molecule has 2 atom stereocenters. The average molecular weight is 501 g/mol. The van der Waals surface area contributed by atoms with Gasteiger partial charge in [-0.2, -0.15) is 26.3 Å². The van der Waals surface area contributed by atoms with Gasteiger partial charge in [-0.15, -0.1) is 10.2 Å². The molecule has 4 rings (SSSR count). The van der Waals surface area contributed by atoms with E-state index in [0.717, 1.165) is 6.07 Å². The predicted octanol–water partition coefficient (Wildman–Crippen LogP) is 5.26. The number of nitrogens with zero attached hydrogens (tertiary/aromatic N) is 3. The summed E-state index contributed by atoms with van der Waals surface area (Å²) in [7, 11) is 1.37. The minimum Gasteiger partial charge on any atom is -0.496 e. The molecule has 0 aliphatic carbocycles. The van der Waals surface area contributed by atoms with Gasteiger partial charge in [-0.05, 0) is 42.3 Å². The highest BCUT2D eigenvalue weighted by atomic mass is 19.4. The number of carboxylic acid groups (broad SMARTS) is 1. The van der Waals surface area contributed by atoms with Crippen molar-refractivity contribution in [1.82, 2.24) is 14.8 Å². The lowest BCUT2D eigenvalue weighted by Gasteiger charge is -2.24. The molecule has 0 bridgehead atoms. The second kappa shape index (κ2) is 8.56. The lowest BCUT2D eigenvalue weighted by molar-refractivity contribution is -0.146. The number of carbonyl (C=O) groups is 1. The molecule has 1 aliphatic rings. The average Bonchev–Trinajstić information content (AvgIpc) is 3.17. The summed E-state index contributed by atoms with van der Waals surface area (Å²) in [5.74, 6) is -3.07. The van der Waals surface area contributed by atoms with Gasteiger partial charge in [0.15, 0.2) is 5.82 Å². The van der Waals surface area contributed by atoms with Crippen LogP contribution in [0.1, 0.15) is 52.5 Å². The van der Waals surface area contributed by atoms with Crippen molar-refractivity contribution in [3.63, 3.8) is 0 Å². The molecule has 2 heterocycles. The molecule has 0 fully saturated rings. The fourth-order valence-electron chi connectivity index (χ4n) is 4.04. The number of benzene rings is 2. The van der Waals surface area contributed by atoms with E-state index in [4.69, 9.17) is 9.47 Å². The zero-order valence-corrected chi connectivity index (χ0v) is 18.1. The van der Waals surface area contributed by atoms with Crippen LogP contribution in [-0.4, -0.2) is 33.0 Å². The summed E-state index contributed by atoms with van der Waals surface area (Å²) in [6, 6.07) is 6.84. The van der Waals surface area contributed by atoms with E-state index in [1.54, 1.807) is 13.0 Å². The molecule has 186 valence electrons. The van der Waals surface area contributed by atoms with Crippen molar-refractivity contribution in [2.75, 3.05) is 7.11 Å². The number of alkyl halides is 6. The van der Waals surface area contributed by atoms with Gasteiger partial charge in [-0.1, -0.05) is 12.1 Å². The highest BCUT2D eigenvalue weighted by molar-refractivity contribution is 5.67.